The van der Waals surface area contributed by atoms with Crippen LogP contribution in [0.5, 0.6) is 0 Å². The van der Waals surface area contributed by atoms with Crippen LogP contribution in [0.15, 0.2) is 158 Å². The van der Waals surface area contributed by atoms with Crippen LogP contribution in [0.4, 0.5) is 0 Å². The van der Waals surface area contributed by atoms with Crippen LogP contribution in [0.2, 0.25) is 0 Å². The van der Waals surface area contributed by atoms with Crippen molar-refractivity contribution in [1.82, 2.24) is 0 Å². The van der Waals surface area contributed by atoms with Crippen molar-refractivity contribution in [3.05, 3.63) is 192 Å². The average molecular weight is 1020 g/mol. The van der Waals surface area contributed by atoms with Gasteiger partial charge in [0.15, 0.2) is 0 Å². The van der Waals surface area contributed by atoms with E-state index >= 15 is 0 Å². The second-order valence-corrected chi connectivity index (χ2v) is 21.8. The smallest absolute Gasteiger partial charge is 1.00 e. The molecule has 0 spiro atoms. The van der Waals surface area contributed by atoms with Crippen molar-refractivity contribution in [3.63, 3.8) is 0 Å². The van der Waals surface area contributed by atoms with Crippen molar-refractivity contribution in [3.8, 4) is 22.3 Å². The zero-order valence-electron chi connectivity index (χ0n) is 39.6. The number of unbranched alkanes of at least 4 members (excludes halogenated alkanes) is 4. The van der Waals surface area contributed by atoms with Gasteiger partial charge >= 0.3 is 43.4 Å². The van der Waals surface area contributed by atoms with Crippen LogP contribution in [0.25, 0.3) is 43.8 Å². The number of benzene rings is 6. The molecule has 2 aliphatic carbocycles. The summed E-state index contributed by atoms with van der Waals surface area (Å²) in [6.45, 7) is 9.20. The Bertz CT molecular complexity index is 2240. The average Bonchev–Trinajstić information content (AvgIpc) is 4.12. The van der Waals surface area contributed by atoms with Crippen LogP contribution in [0, 0.1) is 12.1 Å². The first-order chi connectivity index (χ1) is 30.6. The molecule has 0 heterocycles. The third kappa shape index (κ3) is 15.7. The Morgan fingerprint density at radius 2 is 0.758 bits per heavy atom. The van der Waals surface area contributed by atoms with Gasteiger partial charge in [0, 0.05) is 0 Å². The fraction of sp³-hybridized carbons (Fsp3) is 0.300. The summed E-state index contributed by atoms with van der Waals surface area (Å²) < 4.78 is 0. The van der Waals surface area contributed by atoms with Gasteiger partial charge in [0.25, 0.3) is 0 Å². The summed E-state index contributed by atoms with van der Waals surface area (Å²) in [4.78, 5) is 0. The van der Waals surface area contributed by atoms with E-state index in [2.05, 4.69) is 185 Å². The van der Waals surface area contributed by atoms with Crippen LogP contribution >= 0.6 is 15.8 Å². The van der Waals surface area contributed by atoms with Gasteiger partial charge in [-0.15, -0.1) is 91.8 Å². The van der Waals surface area contributed by atoms with Gasteiger partial charge in [-0.05, 0) is 63.2 Å². The van der Waals surface area contributed by atoms with Crippen molar-refractivity contribution in [1.29, 1.82) is 0 Å². The number of hydrogen-bond donors (Lipinski definition) is 0. The van der Waals surface area contributed by atoms with Crippen LogP contribution in [-0.2, 0) is 56.3 Å². The minimum absolute atomic E-state index is 0. The first-order valence-electron chi connectivity index (χ1n) is 23.6. The van der Waals surface area contributed by atoms with E-state index in [1.165, 1.54) is 142 Å². The predicted octanol–water partition coefficient (Wildman–Crippen LogP) is 10.7. The fourth-order valence-electron chi connectivity index (χ4n) is 8.76. The summed E-state index contributed by atoms with van der Waals surface area (Å²) in [5.41, 5.74) is 11.0. The van der Waals surface area contributed by atoms with Gasteiger partial charge in [0.05, 0.1) is 0 Å². The maximum Gasteiger partial charge on any atom is 2.00 e. The fourth-order valence-corrected chi connectivity index (χ4v) is 14.3. The molecule has 0 unspecified atom stereocenters. The van der Waals surface area contributed by atoms with Crippen molar-refractivity contribution in [2.75, 3.05) is 24.6 Å². The molecule has 8 aromatic rings. The topological polar surface area (TPSA) is 0 Å². The third-order valence-electron chi connectivity index (χ3n) is 12.3. The maximum absolute atomic E-state index is 3.30. The summed E-state index contributed by atoms with van der Waals surface area (Å²) in [7, 11) is 0.171. The largest absolute Gasteiger partial charge is 2.00 e. The second kappa shape index (κ2) is 30.8. The van der Waals surface area contributed by atoms with E-state index in [1.807, 2.05) is 12.1 Å². The molecule has 0 saturated carbocycles. The molecule has 0 bridgehead atoms. The monoisotopic (exact) mass is 1010 g/mol. The predicted molar refractivity (Wildman–Crippen MR) is 278 cm³/mol. The molecule has 0 atom stereocenters. The molecule has 66 heavy (non-hydrogen) atoms. The third-order valence-corrected chi connectivity index (χ3v) is 17.7. The SMILES string of the molecule is CCCCP(CCCC)c1cc2ccccc2[cH-]1.CCCCP(CCCC)c1cc2ccccc2[cH-]1.[Cl-].[Cl-].[Ti+2].[Ti+2].[c-]1cccc2c1Cc1ccccc1-2.[c-]1cccc2c1Cc1ccccc1-2. The van der Waals surface area contributed by atoms with E-state index in [9.17, 15) is 0 Å². The van der Waals surface area contributed by atoms with E-state index < -0.39 is 0 Å². The molecule has 6 heteroatoms. The molecule has 8 aromatic carbocycles. The van der Waals surface area contributed by atoms with Crippen LogP contribution < -0.4 is 35.4 Å². The number of fused-ring (bicyclic) bond motifs is 8. The molecular weight excluding hydrogens is 949 g/mol. The molecule has 0 fully saturated rings. The second-order valence-electron chi connectivity index (χ2n) is 16.9. The Morgan fingerprint density at radius 3 is 1.12 bits per heavy atom. The van der Waals surface area contributed by atoms with E-state index in [1.54, 1.807) is 10.6 Å². The van der Waals surface area contributed by atoms with Gasteiger partial charge in [0.2, 0.25) is 0 Å². The van der Waals surface area contributed by atoms with Crippen molar-refractivity contribution < 1.29 is 68.2 Å². The van der Waals surface area contributed by atoms with Gasteiger partial charge in [0.1, 0.15) is 0 Å². The van der Waals surface area contributed by atoms with Crippen LogP contribution in [0.3, 0.4) is 0 Å². The van der Waals surface area contributed by atoms with Crippen molar-refractivity contribution in [2.24, 2.45) is 0 Å². The van der Waals surface area contributed by atoms with E-state index in [-0.39, 0.29) is 84.1 Å². The van der Waals surface area contributed by atoms with E-state index in [0.29, 0.717) is 0 Å². The van der Waals surface area contributed by atoms with Crippen LogP contribution in [0.1, 0.15) is 101 Å². The van der Waals surface area contributed by atoms with Crippen molar-refractivity contribution in [2.45, 2.75) is 91.9 Å². The molecule has 0 amide bonds. The number of halogens is 2. The van der Waals surface area contributed by atoms with Gasteiger partial charge in [-0.2, -0.15) is 71.8 Å². The quantitative estimate of drug-likeness (QED) is 0.0579. The van der Waals surface area contributed by atoms with Gasteiger partial charge in [-0.25, -0.2) is 0 Å². The molecule has 340 valence electrons. The molecular formula is C60H66Cl2P2Ti2-2. The van der Waals surface area contributed by atoms with Crippen molar-refractivity contribution >= 4 is 48.0 Å². The molecule has 0 nitrogen and oxygen atoms in total. The summed E-state index contributed by atoms with van der Waals surface area (Å²) in [5, 5.41) is 8.96. The minimum Gasteiger partial charge on any atom is -1.00 e. The first-order valence-corrected chi connectivity index (χ1v) is 27.0. The Labute approximate surface area is 443 Å². The summed E-state index contributed by atoms with van der Waals surface area (Å²) >= 11 is 0. The molecule has 2 aliphatic rings. The minimum atomic E-state index is 0. The van der Waals surface area contributed by atoms with Gasteiger partial charge < -0.3 is 24.8 Å². The first kappa shape index (κ1) is 57.7. The maximum atomic E-state index is 3.30. The normalized spacial score (nSPS) is 11.1. The Balaban J connectivity index is 0.000000231. The molecule has 10 rings (SSSR count). The Kier molecular flexibility index (Phi) is 26.9. The van der Waals surface area contributed by atoms with Crippen LogP contribution in [-0.4, -0.2) is 24.6 Å². The van der Waals surface area contributed by atoms with Gasteiger partial charge in [-0.3, -0.25) is 0 Å². The summed E-state index contributed by atoms with van der Waals surface area (Å²) in [6.07, 6.45) is 18.6. The number of rotatable bonds is 14. The standard InChI is InChI=1S/2C17H24P.2C13H9.2ClH.2Ti/c2*1-3-5-11-18(12-6-4-2)17-13-15-9-7-8-10-16(15)14-17;2*1-3-7-12-10(5-1)9-11-6-2-4-8-13(11)12;;;;/h2*7-10,13-14H,3-6,11-12H2,1-2H3;2*1-5,7-8H,9H2;2*1H;;/q4*-1;;;2*+2/p-2. The summed E-state index contributed by atoms with van der Waals surface area (Å²) in [6, 6.07) is 63.5. The number of hydrogen-bond acceptors (Lipinski definition) is 0. The zero-order chi connectivity index (χ0) is 42.9. The molecule has 0 aromatic heterocycles. The Hall–Kier alpha value is -2.59. The molecule has 0 saturated heterocycles. The molecule has 0 aliphatic heterocycles. The molecule has 0 radical (unpaired) electrons. The zero-order valence-corrected chi connectivity index (χ0v) is 46.0. The summed E-state index contributed by atoms with van der Waals surface area (Å²) in [5.74, 6) is 0. The Morgan fingerprint density at radius 1 is 0.424 bits per heavy atom. The van der Waals surface area contributed by atoms with Gasteiger partial charge in [-0.1, -0.05) is 152 Å². The van der Waals surface area contributed by atoms with E-state index in [0.717, 1.165) is 12.8 Å². The van der Waals surface area contributed by atoms with E-state index in [4.69, 9.17) is 0 Å². The molecule has 0 N–H and O–H groups in total.